The zero-order valence-electron chi connectivity index (χ0n) is 6.04. The van der Waals surface area contributed by atoms with Gasteiger partial charge in [-0.2, -0.15) is 5.10 Å². The minimum Gasteiger partial charge on any atom is -0.273 e. The SMILES string of the molecule is C#CCc1cnn(CC)c1. The Labute approximate surface area is 60.9 Å². The van der Waals surface area contributed by atoms with Gasteiger partial charge in [0, 0.05) is 24.7 Å². The maximum absolute atomic E-state index is 5.12. The van der Waals surface area contributed by atoms with Crippen LogP contribution in [0.5, 0.6) is 0 Å². The number of terminal acetylenes is 1. The minimum atomic E-state index is 0.681. The molecule has 0 aliphatic heterocycles. The van der Waals surface area contributed by atoms with E-state index >= 15 is 0 Å². The molecule has 1 rings (SSSR count). The zero-order chi connectivity index (χ0) is 7.40. The van der Waals surface area contributed by atoms with Crippen LogP contribution in [0.3, 0.4) is 0 Å². The van der Waals surface area contributed by atoms with Crippen molar-refractivity contribution in [2.24, 2.45) is 0 Å². The van der Waals surface area contributed by atoms with Gasteiger partial charge in [-0.05, 0) is 6.92 Å². The van der Waals surface area contributed by atoms with Gasteiger partial charge in [0.25, 0.3) is 0 Å². The van der Waals surface area contributed by atoms with Gasteiger partial charge < -0.3 is 0 Å². The van der Waals surface area contributed by atoms with Crippen molar-refractivity contribution in [3.8, 4) is 12.3 Å². The van der Waals surface area contributed by atoms with Crippen molar-refractivity contribution in [3.05, 3.63) is 18.0 Å². The highest BCUT2D eigenvalue weighted by atomic mass is 15.3. The topological polar surface area (TPSA) is 17.8 Å². The average molecular weight is 134 g/mol. The van der Waals surface area contributed by atoms with Crippen molar-refractivity contribution in [3.63, 3.8) is 0 Å². The Morgan fingerprint density at radius 3 is 3.10 bits per heavy atom. The summed E-state index contributed by atoms with van der Waals surface area (Å²) in [5.74, 6) is 2.57. The average Bonchev–Trinajstić information content (AvgIpc) is 2.37. The standard InChI is InChI=1S/C8H10N2/c1-3-5-8-6-9-10(4-2)7-8/h1,6-7H,4-5H2,2H3. The monoisotopic (exact) mass is 134 g/mol. The summed E-state index contributed by atoms with van der Waals surface area (Å²) in [7, 11) is 0. The van der Waals surface area contributed by atoms with Crippen LogP contribution in [-0.2, 0) is 13.0 Å². The van der Waals surface area contributed by atoms with E-state index in [1.54, 1.807) is 0 Å². The van der Waals surface area contributed by atoms with Crippen LogP contribution in [0.25, 0.3) is 0 Å². The van der Waals surface area contributed by atoms with Gasteiger partial charge in [0.15, 0.2) is 0 Å². The van der Waals surface area contributed by atoms with Crippen molar-refractivity contribution in [2.75, 3.05) is 0 Å². The van der Waals surface area contributed by atoms with Crippen LogP contribution in [-0.4, -0.2) is 9.78 Å². The van der Waals surface area contributed by atoms with Gasteiger partial charge in [0.05, 0.1) is 6.20 Å². The van der Waals surface area contributed by atoms with E-state index < -0.39 is 0 Å². The summed E-state index contributed by atoms with van der Waals surface area (Å²) in [6.07, 6.45) is 9.59. The molecule has 2 heteroatoms. The van der Waals surface area contributed by atoms with Gasteiger partial charge in [-0.3, -0.25) is 4.68 Å². The summed E-state index contributed by atoms with van der Waals surface area (Å²) in [4.78, 5) is 0. The van der Waals surface area contributed by atoms with Crippen LogP contribution in [0.2, 0.25) is 0 Å². The molecule has 1 heterocycles. The van der Waals surface area contributed by atoms with E-state index in [4.69, 9.17) is 6.42 Å². The Kier molecular flexibility index (Phi) is 2.11. The first kappa shape index (κ1) is 6.88. The van der Waals surface area contributed by atoms with Crippen molar-refractivity contribution in [1.82, 2.24) is 9.78 Å². The maximum Gasteiger partial charge on any atom is 0.0531 e. The van der Waals surface area contributed by atoms with Crippen LogP contribution >= 0.6 is 0 Å². The molecule has 2 nitrogen and oxygen atoms in total. The predicted molar refractivity (Wildman–Crippen MR) is 40.4 cm³/mol. The Balaban J connectivity index is 2.70. The lowest BCUT2D eigenvalue weighted by molar-refractivity contribution is 0.659. The first-order chi connectivity index (χ1) is 4.86. The van der Waals surface area contributed by atoms with E-state index in [-0.39, 0.29) is 0 Å². The molecular formula is C8H10N2. The zero-order valence-corrected chi connectivity index (χ0v) is 6.04. The molecule has 0 N–H and O–H groups in total. The number of nitrogens with zero attached hydrogens (tertiary/aromatic N) is 2. The highest BCUT2D eigenvalue weighted by Crippen LogP contribution is 1.96. The van der Waals surface area contributed by atoms with Crippen LogP contribution in [0, 0.1) is 12.3 Å². The molecule has 10 heavy (non-hydrogen) atoms. The van der Waals surface area contributed by atoms with Crippen LogP contribution in [0.1, 0.15) is 12.5 Å². The van der Waals surface area contributed by atoms with Gasteiger partial charge in [-0.15, -0.1) is 12.3 Å². The Hall–Kier alpha value is -1.23. The second-order valence-corrected chi connectivity index (χ2v) is 2.09. The van der Waals surface area contributed by atoms with Gasteiger partial charge in [0.2, 0.25) is 0 Å². The molecule has 52 valence electrons. The molecule has 1 aromatic heterocycles. The van der Waals surface area contributed by atoms with Gasteiger partial charge >= 0.3 is 0 Å². The molecule has 0 radical (unpaired) electrons. The van der Waals surface area contributed by atoms with E-state index in [0.717, 1.165) is 12.1 Å². The van der Waals surface area contributed by atoms with E-state index in [9.17, 15) is 0 Å². The second-order valence-electron chi connectivity index (χ2n) is 2.09. The quantitative estimate of drug-likeness (QED) is 0.553. The Morgan fingerprint density at radius 1 is 1.80 bits per heavy atom. The van der Waals surface area contributed by atoms with Crippen molar-refractivity contribution < 1.29 is 0 Å². The number of hydrogen-bond donors (Lipinski definition) is 0. The summed E-state index contributed by atoms with van der Waals surface area (Å²) in [5.41, 5.74) is 1.12. The molecule has 0 saturated carbocycles. The molecule has 0 atom stereocenters. The molecule has 0 amide bonds. The smallest absolute Gasteiger partial charge is 0.0531 e. The number of rotatable bonds is 2. The lowest BCUT2D eigenvalue weighted by atomic mass is 10.3. The number of hydrogen-bond acceptors (Lipinski definition) is 1. The van der Waals surface area contributed by atoms with E-state index in [2.05, 4.69) is 11.0 Å². The fourth-order valence-electron chi connectivity index (χ4n) is 0.788. The first-order valence-corrected chi connectivity index (χ1v) is 3.31. The van der Waals surface area contributed by atoms with Gasteiger partial charge in [0.1, 0.15) is 0 Å². The van der Waals surface area contributed by atoms with Gasteiger partial charge in [-0.1, -0.05) is 0 Å². The van der Waals surface area contributed by atoms with Crippen LogP contribution in [0.15, 0.2) is 12.4 Å². The summed E-state index contributed by atoms with van der Waals surface area (Å²) in [5, 5.41) is 4.07. The van der Waals surface area contributed by atoms with Crippen molar-refractivity contribution >= 4 is 0 Å². The summed E-state index contributed by atoms with van der Waals surface area (Å²) in [6, 6.07) is 0. The molecule has 0 bridgehead atoms. The lowest BCUT2D eigenvalue weighted by Crippen LogP contribution is -1.92. The van der Waals surface area contributed by atoms with E-state index in [1.165, 1.54) is 0 Å². The summed E-state index contributed by atoms with van der Waals surface area (Å²) in [6.45, 7) is 2.96. The molecule has 0 fully saturated rings. The van der Waals surface area contributed by atoms with Crippen molar-refractivity contribution in [2.45, 2.75) is 19.9 Å². The highest BCUT2D eigenvalue weighted by molar-refractivity contribution is 5.11. The number of aromatic nitrogens is 2. The molecular weight excluding hydrogens is 124 g/mol. The van der Waals surface area contributed by atoms with Crippen molar-refractivity contribution in [1.29, 1.82) is 0 Å². The summed E-state index contributed by atoms with van der Waals surface area (Å²) < 4.78 is 1.87. The molecule has 0 aliphatic rings. The molecule has 0 saturated heterocycles. The molecule has 0 spiro atoms. The second kappa shape index (κ2) is 3.07. The first-order valence-electron chi connectivity index (χ1n) is 3.31. The third-order valence-corrected chi connectivity index (χ3v) is 1.32. The minimum absolute atomic E-state index is 0.681. The Bertz CT molecular complexity index is 242. The number of aryl methyl sites for hydroxylation is 1. The van der Waals surface area contributed by atoms with Crippen LogP contribution in [0.4, 0.5) is 0 Å². The fourth-order valence-corrected chi connectivity index (χ4v) is 0.788. The largest absolute Gasteiger partial charge is 0.273 e. The normalized spacial score (nSPS) is 9.20. The van der Waals surface area contributed by atoms with Crippen LogP contribution < -0.4 is 0 Å². The lowest BCUT2D eigenvalue weighted by Gasteiger charge is -1.89. The molecule has 0 aromatic carbocycles. The van der Waals surface area contributed by atoms with E-state index in [1.807, 2.05) is 24.0 Å². The van der Waals surface area contributed by atoms with E-state index in [0.29, 0.717) is 6.42 Å². The fraction of sp³-hybridized carbons (Fsp3) is 0.375. The molecule has 0 unspecified atom stereocenters. The Morgan fingerprint density at radius 2 is 2.60 bits per heavy atom. The maximum atomic E-state index is 5.12. The van der Waals surface area contributed by atoms with Gasteiger partial charge in [-0.25, -0.2) is 0 Å². The highest BCUT2D eigenvalue weighted by Gasteiger charge is 1.92. The molecule has 0 aliphatic carbocycles. The molecule has 1 aromatic rings. The third-order valence-electron chi connectivity index (χ3n) is 1.32. The summed E-state index contributed by atoms with van der Waals surface area (Å²) >= 11 is 0. The third kappa shape index (κ3) is 1.38. The predicted octanol–water partition coefficient (Wildman–Crippen LogP) is 1.08.